The number of anilines is 3. The lowest BCUT2D eigenvalue weighted by atomic mass is 10.1. The number of carbonyl (C=O) groups is 1. The Morgan fingerprint density at radius 3 is 3.06 bits per heavy atom. The average Bonchev–Trinajstić information content (AvgIpc) is 3.46. The number of aromatic nitrogens is 6. The summed E-state index contributed by atoms with van der Waals surface area (Å²) in [5.74, 6) is 0.441. The number of benzene rings is 1. The van der Waals surface area contributed by atoms with Crippen molar-refractivity contribution in [2.45, 2.75) is 19.1 Å². The monoisotopic (exact) mass is 447 g/mol. The van der Waals surface area contributed by atoms with E-state index >= 15 is 0 Å². The Morgan fingerprint density at radius 2 is 2.18 bits per heavy atom. The maximum atomic E-state index is 11.5. The van der Waals surface area contributed by atoms with Crippen LogP contribution in [0.1, 0.15) is 5.56 Å². The SMILES string of the molecule is O=CC1CNCCN1c1cccc(Cn2ncc3cnc(Nc4cnn(CCO)c4)nc32)c1. The fraction of sp³-hybridized carbons (Fsp3) is 0.318. The van der Waals surface area contributed by atoms with Crippen LogP contribution in [0.2, 0.25) is 0 Å². The molecule has 1 aliphatic heterocycles. The van der Waals surface area contributed by atoms with Gasteiger partial charge in [0, 0.05) is 37.7 Å². The number of nitrogens with one attached hydrogen (secondary N) is 2. The van der Waals surface area contributed by atoms with Gasteiger partial charge >= 0.3 is 0 Å². The van der Waals surface area contributed by atoms with E-state index in [1.807, 2.05) is 22.9 Å². The number of hydrogen-bond donors (Lipinski definition) is 3. The zero-order valence-corrected chi connectivity index (χ0v) is 18.0. The molecule has 3 aromatic heterocycles. The highest BCUT2D eigenvalue weighted by atomic mass is 16.3. The minimum absolute atomic E-state index is 0.0222. The summed E-state index contributed by atoms with van der Waals surface area (Å²) in [7, 11) is 0. The molecule has 1 fully saturated rings. The van der Waals surface area contributed by atoms with Crippen LogP contribution >= 0.6 is 0 Å². The van der Waals surface area contributed by atoms with Gasteiger partial charge in [-0.2, -0.15) is 15.2 Å². The van der Waals surface area contributed by atoms with E-state index in [9.17, 15) is 4.79 Å². The van der Waals surface area contributed by atoms with Gasteiger partial charge in [-0.05, 0) is 17.7 Å². The summed E-state index contributed by atoms with van der Waals surface area (Å²) in [4.78, 5) is 22.6. The molecule has 1 atom stereocenters. The number of aliphatic hydroxyl groups is 1. The predicted octanol–water partition coefficient (Wildman–Crippen LogP) is 0.784. The van der Waals surface area contributed by atoms with Gasteiger partial charge < -0.3 is 25.4 Å². The van der Waals surface area contributed by atoms with Gasteiger partial charge in [0.2, 0.25) is 5.95 Å². The van der Waals surface area contributed by atoms with Gasteiger partial charge in [0.05, 0.1) is 49.2 Å². The fourth-order valence-electron chi connectivity index (χ4n) is 4.00. The van der Waals surface area contributed by atoms with Gasteiger partial charge in [-0.25, -0.2) is 9.67 Å². The fourth-order valence-corrected chi connectivity index (χ4v) is 4.00. The normalized spacial score (nSPS) is 16.3. The molecule has 0 aliphatic carbocycles. The molecule has 0 radical (unpaired) electrons. The van der Waals surface area contributed by atoms with Gasteiger partial charge in [0.1, 0.15) is 6.29 Å². The van der Waals surface area contributed by atoms with Gasteiger partial charge in [0.15, 0.2) is 5.65 Å². The molecule has 1 aliphatic rings. The van der Waals surface area contributed by atoms with E-state index in [4.69, 9.17) is 5.11 Å². The summed E-state index contributed by atoms with van der Waals surface area (Å²) < 4.78 is 3.48. The van der Waals surface area contributed by atoms with E-state index in [1.54, 1.807) is 29.5 Å². The quantitative estimate of drug-likeness (QED) is 0.336. The Bertz CT molecular complexity index is 1250. The van der Waals surface area contributed by atoms with Crippen molar-refractivity contribution in [1.82, 2.24) is 34.8 Å². The molecule has 5 rings (SSSR count). The molecule has 1 unspecified atom stereocenters. The molecule has 0 bridgehead atoms. The first kappa shape index (κ1) is 21.0. The van der Waals surface area contributed by atoms with Crippen LogP contribution in [0.25, 0.3) is 11.0 Å². The third-order valence-electron chi connectivity index (χ3n) is 5.61. The lowest BCUT2D eigenvalue weighted by Gasteiger charge is -2.35. The smallest absolute Gasteiger partial charge is 0.229 e. The Morgan fingerprint density at radius 1 is 1.24 bits per heavy atom. The summed E-state index contributed by atoms with van der Waals surface area (Å²) in [5, 5.41) is 25.0. The number of aliphatic hydroxyl groups excluding tert-OH is 1. The van der Waals surface area contributed by atoms with Crippen LogP contribution in [0.3, 0.4) is 0 Å². The number of hydrogen-bond acceptors (Lipinski definition) is 9. The summed E-state index contributed by atoms with van der Waals surface area (Å²) in [6.45, 7) is 3.28. The summed E-state index contributed by atoms with van der Waals surface area (Å²) in [5.41, 5.74) is 3.55. The standard InChI is InChI=1S/C22H25N9O2/c32-7-6-29-14-18(11-25-29)27-22-24-9-17-10-26-31(21(17)28-22)13-16-2-1-3-19(8-16)30-5-4-23-12-20(30)15-33/h1-3,8-11,14-15,20,23,32H,4-7,12-13H2,(H,24,27,28). The molecule has 0 amide bonds. The van der Waals surface area contributed by atoms with Crippen molar-refractivity contribution in [3.63, 3.8) is 0 Å². The van der Waals surface area contributed by atoms with Crippen molar-refractivity contribution >= 4 is 34.6 Å². The molecular weight excluding hydrogens is 422 g/mol. The van der Waals surface area contributed by atoms with Crippen molar-refractivity contribution in [2.75, 3.05) is 36.5 Å². The zero-order chi connectivity index (χ0) is 22.6. The van der Waals surface area contributed by atoms with E-state index in [-0.39, 0.29) is 12.6 Å². The number of carbonyl (C=O) groups excluding carboxylic acids is 1. The summed E-state index contributed by atoms with van der Waals surface area (Å²) in [6, 6.07) is 8.03. The van der Waals surface area contributed by atoms with E-state index in [2.05, 4.69) is 41.8 Å². The summed E-state index contributed by atoms with van der Waals surface area (Å²) >= 11 is 0. The van der Waals surface area contributed by atoms with E-state index in [0.29, 0.717) is 31.2 Å². The molecule has 33 heavy (non-hydrogen) atoms. The van der Waals surface area contributed by atoms with Crippen molar-refractivity contribution in [2.24, 2.45) is 0 Å². The molecule has 1 saturated heterocycles. The van der Waals surface area contributed by atoms with Crippen LogP contribution in [-0.4, -0.2) is 73.2 Å². The molecule has 4 heterocycles. The molecule has 4 aromatic rings. The molecule has 0 spiro atoms. The van der Waals surface area contributed by atoms with Gasteiger partial charge in [-0.15, -0.1) is 0 Å². The van der Waals surface area contributed by atoms with Crippen molar-refractivity contribution < 1.29 is 9.90 Å². The second-order valence-corrected chi connectivity index (χ2v) is 7.89. The van der Waals surface area contributed by atoms with Crippen molar-refractivity contribution in [3.8, 4) is 0 Å². The molecule has 11 heteroatoms. The molecule has 170 valence electrons. The van der Waals surface area contributed by atoms with Crippen LogP contribution in [0.4, 0.5) is 17.3 Å². The zero-order valence-electron chi connectivity index (χ0n) is 18.0. The van der Waals surface area contributed by atoms with Gasteiger partial charge in [-0.3, -0.25) is 4.68 Å². The molecule has 0 saturated carbocycles. The second kappa shape index (κ2) is 9.35. The van der Waals surface area contributed by atoms with Crippen LogP contribution in [0.15, 0.2) is 49.1 Å². The molecular formula is C22H25N9O2. The maximum absolute atomic E-state index is 11.5. The highest BCUT2D eigenvalue weighted by Gasteiger charge is 2.22. The third kappa shape index (κ3) is 4.54. The number of fused-ring (bicyclic) bond motifs is 1. The van der Waals surface area contributed by atoms with Crippen LogP contribution in [-0.2, 0) is 17.9 Å². The Labute approximate surface area is 190 Å². The highest BCUT2D eigenvalue weighted by molar-refractivity contribution is 5.75. The van der Waals surface area contributed by atoms with Crippen molar-refractivity contribution in [3.05, 3.63) is 54.6 Å². The third-order valence-corrected chi connectivity index (χ3v) is 5.61. The highest BCUT2D eigenvalue weighted by Crippen LogP contribution is 2.21. The Kier molecular flexibility index (Phi) is 5.96. The number of aldehydes is 1. The lowest BCUT2D eigenvalue weighted by molar-refractivity contribution is -0.109. The predicted molar refractivity (Wildman–Crippen MR) is 124 cm³/mol. The first-order valence-electron chi connectivity index (χ1n) is 10.8. The van der Waals surface area contributed by atoms with E-state index < -0.39 is 0 Å². The van der Waals surface area contributed by atoms with Crippen LogP contribution < -0.4 is 15.5 Å². The Balaban J connectivity index is 1.37. The Hall–Kier alpha value is -3.83. The van der Waals surface area contributed by atoms with Crippen molar-refractivity contribution in [1.29, 1.82) is 0 Å². The summed E-state index contributed by atoms with van der Waals surface area (Å²) in [6.07, 6.45) is 7.93. The first-order valence-corrected chi connectivity index (χ1v) is 10.8. The minimum Gasteiger partial charge on any atom is -0.394 e. The van der Waals surface area contributed by atoms with Gasteiger partial charge in [0.25, 0.3) is 0 Å². The number of rotatable bonds is 8. The van der Waals surface area contributed by atoms with Gasteiger partial charge in [-0.1, -0.05) is 12.1 Å². The average molecular weight is 448 g/mol. The van der Waals surface area contributed by atoms with E-state index in [0.717, 1.165) is 41.7 Å². The van der Waals surface area contributed by atoms with Crippen LogP contribution in [0.5, 0.6) is 0 Å². The molecule has 3 N–H and O–H groups in total. The minimum atomic E-state index is -0.164. The maximum Gasteiger partial charge on any atom is 0.229 e. The van der Waals surface area contributed by atoms with Crippen LogP contribution in [0, 0.1) is 0 Å². The second-order valence-electron chi connectivity index (χ2n) is 7.89. The van der Waals surface area contributed by atoms with E-state index in [1.165, 1.54) is 0 Å². The number of piperazine rings is 1. The number of nitrogens with zero attached hydrogens (tertiary/aromatic N) is 7. The first-order chi connectivity index (χ1) is 16.2. The molecule has 1 aromatic carbocycles. The largest absolute Gasteiger partial charge is 0.394 e. The topological polar surface area (TPSA) is 126 Å². The molecule has 11 nitrogen and oxygen atoms in total. The lowest BCUT2D eigenvalue weighted by Crippen LogP contribution is -2.52.